The molecular formula is C23H23FN2O2. The highest BCUT2D eigenvalue weighted by Crippen LogP contribution is 2.31. The maximum absolute atomic E-state index is 13.9. The summed E-state index contributed by atoms with van der Waals surface area (Å²) in [5, 5.41) is 4.31. The van der Waals surface area contributed by atoms with Crippen molar-refractivity contribution in [2.75, 3.05) is 12.5 Å². The van der Waals surface area contributed by atoms with E-state index in [1.807, 2.05) is 30.3 Å². The van der Waals surface area contributed by atoms with Gasteiger partial charge in [0, 0.05) is 11.1 Å². The third kappa shape index (κ3) is 4.68. The number of rotatable bonds is 7. The zero-order chi connectivity index (χ0) is 19.9. The Bertz CT molecular complexity index is 986. The number of benzene rings is 3. The maximum Gasteiger partial charge on any atom is 0.170 e. The van der Waals surface area contributed by atoms with Gasteiger partial charge in [-0.25, -0.2) is 4.39 Å². The van der Waals surface area contributed by atoms with Crippen molar-refractivity contribution in [1.82, 2.24) is 0 Å². The number of para-hydroxylation sites is 1. The number of nitrogens with one attached hydrogen (secondary N) is 1. The van der Waals surface area contributed by atoms with Crippen molar-refractivity contribution >= 4 is 11.9 Å². The smallest absolute Gasteiger partial charge is 0.170 e. The molecule has 0 unspecified atom stereocenters. The molecule has 0 bridgehead atoms. The van der Waals surface area contributed by atoms with Crippen molar-refractivity contribution in [1.29, 1.82) is 0 Å². The van der Waals surface area contributed by atoms with Gasteiger partial charge in [-0.2, -0.15) is 5.10 Å². The second kappa shape index (κ2) is 9.04. The van der Waals surface area contributed by atoms with Crippen LogP contribution in [0.2, 0.25) is 0 Å². The lowest BCUT2D eigenvalue weighted by Gasteiger charge is -2.13. The van der Waals surface area contributed by atoms with Gasteiger partial charge in [0.1, 0.15) is 12.4 Å². The van der Waals surface area contributed by atoms with Crippen LogP contribution in [0.1, 0.15) is 22.3 Å². The van der Waals surface area contributed by atoms with E-state index in [1.54, 1.807) is 37.6 Å². The number of methoxy groups -OCH3 is 1. The first-order valence-electron chi connectivity index (χ1n) is 8.98. The zero-order valence-corrected chi connectivity index (χ0v) is 16.2. The third-order valence-electron chi connectivity index (χ3n) is 4.46. The zero-order valence-electron chi connectivity index (χ0n) is 16.2. The Morgan fingerprint density at radius 3 is 2.57 bits per heavy atom. The lowest BCUT2D eigenvalue weighted by molar-refractivity contribution is 0.279. The molecule has 3 aromatic carbocycles. The van der Waals surface area contributed by atoms with Crippen LogP contribution in [-0.2, 0) is 6.61 Å². The Labute approximate surface area is 164 Å². The number of hydrazone groups is 1. The van der Waals surface area contributed by atoms with Crippen molar-refractivity contribution in [2.24, 2.45) is 5.10 Å². The predicted molar refractivity (Wildman–Crippen MR) is 111 cm³/mol. The molecule has 0 saturated heterocycles. The minimum absolute atomic E-state index is 0.0957. The summed E-state index contributed by atoms with van der Waals surface area (Å²) >= 11 is 0. The van der Waals surface area contributed by atoms with Crippen molar-refractivity contribution in [3.8, 4) is 11.5 Å². The molecule has 0 fully saturated rings. The molecule has 0 aromatic heterocycles. The maximum atomic E-state index is 13.9. The largest absolute Gasteiger partial charge is 0.493 e. The second-order valence-corrected chi connectivity index (χ2v) is 6.43. The Morgan fingerprint density at radius 2 is 1.82 bits per heavy atom. The number of halogens is 1. The van der Waals surface area contributed by atoms with Gasteiger partial charge < -0.3 is 9.47 Å². The van der Waals surface area contributed by atoms with Crippen LogP contribution in [0.15, 0.2) is 65.8 Å². The van der Waals surface area contributed by atoms with Crippen LogP contribution in [0.3, 0.4) is 0 Å². The van der Waals surface area contributed by atoms with E-state index in [0.29, 0.717) is 17.1 Å². The number of hydrogen-bond acceptors (Lipinski definition) is 4. The molecule has 0 radical (unpaired) electrons. The average Bonchev–Trinajstić information content (AvgIpc) is 2.70. The van der Waals surface area contributed by atoms with Crippen LogP contribution in [-0.4, -0.2) is 13.3 Å². The fourth-order valence-corrected chi connectivity index (χ4v) is 2.70. The number of nitrogens with zero attached hydrogens (tertiary/aromatic N) is 1. The van der Waals surface area contributed by atoms with Crippen LogP contribution in [0.5, 0.6) is 11.5 Å². The van der Waals surface area contributed by atoms with Crippen LogP contribution in [0.25, 0.3) is 0 Å². The van der Waals surface area contributed by atoms with E-state index in [0.717, 1.165) is 11.3 Å². The highest BCUT2D eigenvalue weighted by Gasteiger charge is 2.11. The van der Waals surface area contributed by atoms with Gasteiger partial charge in [0.05, 0.1) is 19.0 Å². The van der Waals surface area contributed by atoms with Gasteiger partial charge in [-0.3, -0.25) is 5.43 Å². The topological polar surface area (TPSA) is 42.8 Å². The summed E-state index contributed by atoms with van der Waals surface area (Å²) in [6, 6.07) is 18.1. The van der Waals surface area contributed by atoms with Gasteiger partial charge in [0.2, 0.25) is 0 Å². The third-order valence-corrected chi connectivity index (χ3v) is 4.46. The molecule has 1 N–H and O–H groups in total. The number of aryl methyl sites for hydroxylation is 2. The fourth-order valence-electron chi connectivity index (χ4n) is 2.70. The Hall–Kier alpha value is -3.34. The van der Waals surface area contributed by atoms with Crippen molar-refractivity contribution in [2.45, 2.75) is 20.5 Å². The summed E-state index contributed by atoms with van der Waals surface area (Å²) in [5.74, 6) is 0.773. The van der Waals surface area contributed by atoms with Gasteiger partial charge in [0.15, 0.2) is 11.5 Å². The van der Waals surface area contributed by atoms with E-state index in [1.165, 1.54) is 17.2 Å². The number of hydrogen-bond donors (Lipinski definition) is 1. The monoisotopic (exact) mass is 378 g/mol. The minimum Gasteiger partial charge on any atom is -0.493 e. The Kier molecular flexibility index (Phi) is 6.27. The van der Waals surface area contributed by atoms with E-state index in [4.69, 9.17) is 9.47 Å². The molecule has 0 atom stereocenters. The lowest BCUT2D eigenvalue weighted by atomic mass is 10.1. The van der Waals surface area contributed by atoms with E-state index in [-0.39, 0.29) is 12.4 Å². The van der Waals surface area contributed by atoms with Crippen LogP contribution >= 0.6 is 0 Å². The standard InChI is InChI=1S/C23H23FN2O2/c1-16-11-12-20(13-17(16)2)26-25-14-18-8-6-10-22(27-3)23(18)28-15-19-7-4-5-9-21(19)24/h4-14,26H,15H2,1-3H3. The normalized spacial score (nSPS) is 10.9. The highest BCUT2D eigenvalue weighted by atomic mass is 19.1. The van der Waals surface area contributed by atoms with Crippen LogP contribution in [0, 0.1) is 19.7 Å². The first kappa shape index (κ1) is 19.4. The van der Waals surface area contributed by atoms with Gasteiger partial charge >= 0.3 is 0 Å². The SMILES string of the molecule is COc1cccc(C=NNc2ccc(C)c(C)c2)c1OCc1ccccc1F. The van der Waals surface area contributed by atoms with Crippen LogP contribution in [0.4, 0.5) is 10.1 Å². The van der Waals surface area contributed by atoms with E-state index < -0.39 is 0 Å². The Balaban J connectivity index is 1.78. The van der Waals surface area contributed by atoms with Gasteiger partial charge in [0.25, 0.3) is 0 Å². The quantitative estimate of drug-likeness (QED) is 0.437. The molecular weight excluding hydrogens is 355 g/mol. The molecule has 0 amide bonds. The second-order valence-electron chi connectivity index (χ2n) is 6.43. The molecule has 28 heavy (non-hydrogen) atoms. The minimum atomic E-state index is -0.302. The van der Waals surface area contributed by atoms with Gasteiger partial charge in [-0.15, -0.1) is 0 Å². The lowest BCUT2D eigenvalue weighted by Crippen LogP contribution is -2.03. The summed E-state index contributed by atoms with van der Waals surface area (Å²) in [6.07, 6.45) is 1.66. The molecule has 0 aliphatic heterocycles. The molecule has 3 rings (SSSR count). The van der Waals surface area contributed by atoms with Gasteiger partial charge in [-0.1, -0.05) is 30.3 Å². The molecule has 0 spiro atoms. The van der Waals surface area contributed by atoms with Gasteiger partial charge in [-0.05, 0) is 55.3 Å². The molecule has 3 aromatic rings. The van der Waals surface area contributed by atoms with E-state index >= 15 is 0 Å². The molecule has 0 saturated carbocycles. The highest BCUT2D eigenvalue weighted by molar-refractivity contribution is 5.85. The number of ether oxygens (including phenoxy) is 2. The fraction of sp³-hybridized carbons (Fsp3) is 0.174. The summed E-state index contributed by atoms with van der Waals surface area (Å²) in [5.41, 5.74) is 7.54. The first-order chi connectivity index (χ1) is 13.6. The summed E-state index contributed by atoms with van der Waals surface area (Å²) in [4.78, 5) is 0. The molecule has 144 valence electrons. The molecule has 0 heterocycles. The summed E-state index contributed by atoms with van der Waals surface area (Å²) in [6.45, 7) is 4.22. The van der Waals surface area contributed by atoms with E-state index in [9.17, 15) is 4.39 Å². The Morgan fingerprint density at radius 1 is 1.00 bits per heavy atom. The predicted octanol–water partition coefficient (Wildman–Crippen LogP) is 5.48. The summed E-state index contributed by atoms with van der Waals surface area (Å²) < 4.78 is 25.2. The molecule has 0 aliphatic carbocycles. The van der Waals surface area contributed by atoms with E-state index in [2.05, 4.69) is 24.4 Å². The number of anilines is 1. The van der Waals surface area contributed by atoms with Crippen molar-refractivity contribution < 1.29 is 13.9 Å². The average molecular weight is 378 g/mol. The van der Waals surface area contributed by atoms with Crippen LogP contribution < -0.4 is 14.9 Å². The molecule has 4 nitrogen and oxygen atoms in total. The first-order valence-corrected chi connectivity index (χ1v) is 8.98. The molecule has 0 aliphatic rings. The van der Waals surface area contributed by atoms with Crippen molar-refractivity contribution in [3.63, 3.8) is 0 Å². The van der Waals surface area contributed by atoms with Crippen molar-refractivity contribution in [3.05, 3.63) is 88.7 Å². The molecule has 5 heteroatoms. The summed E-state index contributed by atoms with van der Waals surface area (Å²) in [7, 11) is 1.57.